The van der Waals surface area contributed by atoms with Crippen LogP contribution in [0.3, 0.4) is 0 Å². The molecule has 1 saturated heterocycles. The summed E-state index contributed by atoms with van der Waals surface area (Å²) in [4.78, 5) is 11.9. The van der Waals surface area contributed by atoms with Crippen molar-refractivity contribution in [3.63, 3.8) is 0 Å². The van der Waals surface area contributed by atoms with Gasteiger partial charge in [-0.2, -0.15) is 0 Å². The van der Waals surface area contributed by atoms with E-state index in [1.807, 2.05) is 11.8 Å². The molecule has 2 nitrogen and oxygen atoms in total. The number of thioether (sulfide) groups is 1. The average Bonchev–Trinajstić information content (AvgIpc) is 2.66. The third-order valence-corrected chi connectivity index (χ3v) is 5.08. The van der Waals surface area contributed by atoms with Gasteiger partial charge in [-0.15, -0.1) is 11.8 Å². The van der Waals surface area contributed by atoms with Gasteiger partial charge in [-0.1, -0.05) is 29.0 Å². The van der Waals surface area contributed by atoms with Crippen molar-refractivity contribution in [1.29, 1.82) is 0 Å². The molecule has 0 aliphatic carbocycles. The highest BCUT2D eigenvalue weighted by atomic mass is 127. The molecular weight excluding hydrogens is 321 g/mol. The Balaban J connectivity index is 2.12. The first-order valence-electron chi connectivity index (χ1n) is 5.67. The molecular formula is C11H20INOS. The summed E-state index contributed by atoms with van der Waals surface area (Å²) < 4.78 is 1.09. The molecule has 0 aromatic rings. The number of hydrogen-bond acceptors (Lipinski definition) is 2. The Labute approximate surface area is 110 Å². The molecule has 1 amide bonds. The Bertz CT molecular complexity index is 205. The lowest BCUT2D eigenvalue weighted by Crippen LogP contribution is -2.40. The molecule has 88 valence electrons. The van der Waals surface area contributed by atoms with Gasteiger partial charge in [0.05, 0.1) is 4.75 Å². The molecule has 1 rings (SSSR count). The number of alkyl halides is 1. The van der Waals surface area contributed by atoms with Gasteiger partial charge in [0.1, 0.15) is 0 Å². The maximum atomic E-state index is 11.9. The van der Waals surface area contributed by atoms with Crippen LogP contribution in [0.2, 0.25) is 0 Å². The van der Waals surface area contributed by atoms with Gasteiger partial charge in [-0.25, -0.2) is 0 Å². The van der Waals surface area contributed by atoms with E-state index in [1.54, 1.807) is 0 Å². The zero-order chi connectivity index (χ0) is 11.1. The van der Waals surface area contributed by atoms with E-state index in [-0.39, 0.29) is 10.7 Å². The van der Waals surface area contributed by atoms with Crippen molar-refractivity contribution < 1.29 is 4.79 Å². The lowest BCUT2D eigenvalue weighted by molar-refractivity contribution is -0.123. The average molecular weight is 341 g/mol. The summed E-state index contributed by atoms with van der Waals surface area (Å²) in [7, 11) is 0. The summed E-state index contributed by atoms with van der Waals surface area (Å²) in [6.45, 7) is 2.93. The van der Waals surface area contributed by atoms with Crippen molar-refractivity contribution in [2.45, 2.75) is 43.8 Å². The van der Waals surface area contributed by atoms with Gasteiger partial charge in [0.15, 0.2) is 0 Å². The fourth-order valence-corrected chi connectivity index (χ4v) is 3.51. The van der Waals surface area contributed by atoms with Crippen molar-refractivity contribution in [1.82, 2.24) is 5.32 Å². The minimum Gasteiger partial charge on any atom is -0.355 e. The van der Waals surface area contributed by atoms with Crippen molar-refractivity contribution in [2.75, 3.05) is 16.7 Å². The van der Waals surface area contributed by atoms with Gasteiger partial charge in [-0.05, 0) is 42.8 Å². The molecule has 0 saturated carbocycles. The number of carbonyl (C=O) groups excluding carboxylic acids is 1. The maximum absolute atomic E-state index is 11.9. The molecule has 0 bridgehead atoms. The third kappa shape index (κ3) is 4.51. The van der Waals surface area contributed by atoms with Gasteiger partial charge in [0.25, 0.3) is 0 Å². The Hall–Kier alpha value is 0.550. The van der Waals surface area contributed by atoms with Gasteiger partial charge in [0, 0.05) is 6.54 Å². The zero-order valence-corrected chi connectivity index (χ0v) is 12.3. The molecule has 1 aliphatic heterocycles. The van der Waals surface area contributed by atoms with Crippen LogP contribution in [0.5, 0.6) is 0 Å². The Morgan fingerprint density at radius 2 is 2.27 bits per heavy atom. The van der Waals surface area contributed by atoms with Crippen LogP contribution < -0.4 is 5.32 Å². The lowest BCUT2D eigenvalue weighted by Gasteiger charge is -2.21. The second-order valence-electron chi connectivity index (χ2n) is 4.19. The number of hydrogen-bond donors (Lipinski definition) is 1. The topological polar surface area (TPSA) is 29.1 Å². The number of carbonyl (C=O) groups is 1. The zero-order valence-electron chi connectivity index (χ0n) is 9.35. The second-order valence-corrected chi connectivity index (χ2v) is 6.87. The first-order chi connectivity index (χ1) is 7.19. The SMILES string of the molecule is CC1(C(=O)NCCCCCI)CCCS1. The van der Waals surface area contributed by atoms with Crippen molar-refractivity contribution >= 4 is 40.3 Å². The van der Waals surface area contributed by atoms with Crippen LogP contribution in [0.25, 0.3) is 0 Å². The van der Waals surface area contributed by atoms with E-state index in [4.69, 9.17) is 0 Å². The molecule has 4 heteroatoms. The van der Waals surface area contributed by atoms with E-state index in [0.717, 1.165) is 25.1 Å². The van der Waals surface area contributed by atoms with Gasteiger partial charge >= 0.3 is 0 Å². The van der Waals surface area contributed by atoms with Crippen LogP contribution in [0.1, 0.15) is 39.0 Å². The van der Waals surface area contributed by atoms with Crippen molar-refractivity contribution in [3.05, 3.63) is 0 Å². The molecule has 1 heterocycles. The molecule has 1 atom stereocenters. The first-order valence-corrected chi connectivity index (χ1v) is 8.18. The van der Waals surface area contributed by atoms with Gasteiger partial charge in [-0.3, -0.25) is 4.79 Å². The molecule has 0 aromatic carbocycles. The highest BCUT2D eigenvalue weighted by Gasteiger charge is 2.36. The minimum absolute atomic E-state index is 0.136. The predicted molar refractivity (Wildman–Crippen MR) is 75.8 cm³/mol. The van der Waals surface area contributed by atoms with Gasteiger partial charge < -0.3 is 5.32 Å². The number of unbranched alkanes of at least 4 members (excludes halogenated alkanes) is 2. The fraction of sp³-hybridized carbons (Fsp3) is 0.909. The third-order valence-electron chi connectivity index (χ3n) is 2.80. The van der Waals surface area contributed by atoms with Crippen LogP contribution in [0.15, 0.2) is 0 Å². The number of halogens is 1. The summed E-state index contributed by atoms with van der Waals surface area (Å²) in [5, 5.41) is 3.06. The van der Waals surface area contributed by atoms with E-state index in [1.165, 1.54) is 23.7 Å². The lowest BCUT2D eigenvalue weighted by atomic mass is 10.0. The molecule has 15 heavy (non-hydrogen) atoms. The molecule has 0 aromatic heterocycles. The van der Waals surface area contributed by atoms with Crippen LogP contribution >= 0.6 is 34.4 Å². The summed E-state index contributed by atoms with van der Waals surface area (Å²) >= 11 is 4.20. The summed E-state index contributed by atoms with van der Waals surface area (Å²) in [6.07, 6.45) is 5.84. The first kappa shape index (κ1) is 13.6. The molecule has 1 aliphatic rings. The van der Waals surface area contributed by atoms with Gasteiger partial charge in [0.2, 0.25) is 5.91 Å². The summed E-state index contributed by atoms with van der Waals surface area (Å²) in [6, 6.07) is 0. The molecule has 1 N–H and O–H groups in total. The molecule has 0 radical (unpaired) electrons. The van der Waals surface area contributed by atoms with Crippen molar-refractivity contribution in [2.24, 2.45) is 0 Å². The summed E-state index contributed by atoms with van der Waals surface area (Å²) in [5.41, 5.74) is 0. The van der Waals surface area contributed by atoms with Crippen molar-refractivity contribution in [3.8, 4) is 0 Å². The highest BCUT2D eigenvalue weighted by molar-refractivity contribution is 14.1. The molecule has 1 fully saturated rings. The number of rotatable bonds is 6. The largest absolute Gasteiger partial charge is 0.355 e. The Morgan fingerprint density at radius 3 is 2.87 bits per heavy atom. The number of amides is 1. The van der Waals surface area contributed by atoms with E-state index >= 15 is 0 Å². The van der Waals surface area contributed by atoms with E-state index < -0.39 is 0 Å². The van der Waals surface area contributed by atoms with E-state index in [0.29, 0.717) is 0 Å². The standard InChI is InChI=1S/C11H20INOS/c1-11(6-5-9-15-11)10(14)13-8-4-2-3-7-12/h2-9H2,1H3,(H,13,14). The monoisotopic (exact) mass is 341 g/mol. The second kappa shape index (κ2) is 6.99. The summed E-state index contributed by atoms with van der Waals surface area (Å²) in [5.74, 6) is 1.39. The molecule has 1 unspecified atom stereocenters. The Kier molecular flexibility index (Phi) is 6.34. The maximum Gasteiger partial charge on any atom is 0.235 e. The predicted octanol–water partition coefficient (Wildman–Crippen LogP) is 2.99. The minimum atomic E-state index is -0.136. The normalized spacial score (nSPS) is 25.5. The van der Waals surface area contributed by atoms with Crippen LogP contribution in [0.4, 0.5) is 0 Å². The fourth-order valence-electron chi connectivity index (χ4n) is 1.74. The van der Waals surface area contributed by atoms with E-state index in [9.17, 15) is 4.79 Å². The van der Waals surface area contributed by atoms with Crippen LogP contribution in [0, 0.1) is 0 Å². The molecule has 0 spiro atoms. The van der Waals surface area contributed by atoms with Crippen LogP contribution in [-0.2, 0) is 4.79 Å². The Morgan fingerprint density at radius 1 is 1.47 bits per heavy atom. The highest BCUT2D eigenvalue weighted by Crippen LogP contribution is 2.37. The number of nitrogens with one attached hydrogen (secondary N) is 1. The smallest absolute Gasteiger partial charge is 0.235 e. The van der Waals surface area contributed by atoms with Crippen LogP contribution in [-0.4, -0.2) is 27.4 Å². The van der Waals surface area contributed by atoms with E-state index in [2.05, 4.69) is 34.8 Å². The quantitative estimate of drug-likeness (QED) is 0.457.